The Balaban J connectivity index is 2.03. The second-order valence-corrected chi connectivity index (χ2v) is 9.49. The number of piperidine rings is 1. The van der Waals surface area contributed by atoms with Crippen molar-refractivity contribution in [2.75, 3.05) is 13.2 Å². The first-order chi connectivity index (χ1) is 13.1. The van der Waals surface area contributed by atoms with Gasteiger partial charge in [0.05, 0.1) is 12.7 Å². The summed E-state index contributed by atoms with van der Waals surface area (Å²) >= 11 is 0. The van der Waals surface area contributed by atoms with Crippen LogP contribution >= 0.6 is 0 Å². The fraction of sp³-hybridized carbons (Fsp3) is 0.696. The van der Waals surface area contributed by atoms with Crippen LogP contribution in [0.4, 0.5) is 0 Å². The van der Waals surface area contributed by atoms with Crippen LogP contribution in [0.15, 0.2) is 30.3 Å². The summed E-state index contributed by atoms with van der Waals surface area (Å²) < 4.78 is 5.95. The number of hydrogen-bond acceptors (Lipinski definition) is 5. The van der Waals surface area contributed by atoms with Crippen LogP contribution in [0.5, 0.6) is 0 Å². The number of ether oxygens (including phenoxy) is 1. The Kier molecular flexibility index (Phi) is 7.64. The maximum Gasteiger partial charge on any atom is 0.128 e. The van der Waals surface area contributed by atoms with Crippen molar-refractivity contribution < 1.29 is 9.57 Å². The molecule has 28 heavy (non-hydrogen) atoms. The number of nitrogens with zero attached hydrogens (tertiary/aromatic N) is 2. The maximum atomic E-state index is 9.03. The third-order valence-corrected chi connectivity index (χ3v) is 5.59. The van der Waals surface area contributed by atoms with Crippen LogP contribution in [0.25, 0.3) is 0 Å². The third kappa shape index (κ3) is 6.28. The zero-order chi connectivity index (χ0) is 20.8. The summed E-state index contributed by atoms with van der Waals surface area (Å²) in [4.78, 5) is 6.61. The summed E-state index contributed by atoms with van der Waals surface area (Å²) in [5.41, 5.74) is 6.16. The van der Waals surface area contributed by atoms with E-state index in [4.69, 9.17) is 20.6 Å². The van der Waals surface area contributed by atoms with E-state index in [1.54, 1.807) is 6.92 Å². The highest BCUT2D eigenvalue weighted by Gasteiger charge is 2.43. The van der Waals surface area contributed by atoms with Crippen LogP contribution in [0, 0.1) is 11.3 Å². The summed E-state index contributed by atoms with van der Waals surface area (Å²) in [5, 5.41) is 11.2. The third-order valence-electron chi connectivity index (χ3n) is 5.59. The van der Waals surface area contributed by atoms with Crippen LogP contribution in [-0.2, 0) is 9.57 Å². The Labute approximate surface area is 170 Å². The first-order valence-corrected chi connectivity index (χ1v) is 10.4. The van der Waals surface area contributed by atoms with Crippen LogP contribution in [-0.4, -0.2) is 34.9 Å². The van der Waals surface area contributed by atoms with E-state index in [1.165, 1.54) is 6.42 Å². The van der Waals surface area contributed by atoms with E-state index in [2.05, 4.69) is 51.0 Å². The minimum atomic E-state index is -0.791. The average molecular weight is 388 g/mol. The van der Waals surface area contributed by atoms with Gasteiger partial charge in [-0.3, -0.25) is 4.84 Å². The largest absolute Gasteiger partial charge is 0.378 e. The van der Waals surface area contributed by atoms with Gasteiger partial charge in [0.25, 0.3) is 0 Å². The number of nitrogens with two attached hydrogens (primary N) is 1. The molecule has 2 unspecified atom stereocenters. The van der Waals surface area contributed by atoms with Gasteiger partial charge in [-0.15, -0.1) is 0 Å². The molecular formula is C23H37N3O2. The normalized spacial score (nSPS) is 22.2. The van der Waals surface area contributed by atoms with Gasteiger partial charge < -0.3 is 10.5 Å². The predicted octanol–water partition coefficient (Wildman–Crippen LogP) is 4.74. The van der Waals surface area contributed by atoms with E-state index >= 15 is 0 Å². The molecular weight excluding hydrogens is 350 g/mol. The van der Waals surface area contributed by atoms with Crippen LogP contribution in [0.1, 0.15) is 78.4 Å². The molecule has 5 heteroatoms. The van der Waals surface area contributed by atoms with Crippen molar-refractivity contribution in [3.63, 3.8) is 0 Å². The summed E-state index contributed by atoms with van der Waals surface area (Å²) in [6.45, 7) is 11.8. The highest BCUT2D eigenvalue weighted by molar-refractivity contribution is 5.17. The predicted molar refractivity (Wildman–Crippen MR) is 112 cm³/mol. The lowest BCUT2D eigenvalue weighted by atomic mass is 9.82. The van der Waals surface area contributed by atoms with Crippen LogP contribution < -0.4 is 5.73 Å². The molecule has 0 bridgehead atoms. The molecule has 5 nitrogen and oxygen atoms in total. The molecule has 1 heterocycles. The number of benzene rings is 1. The minimum Gasteiger partial charge on any atom is -0.378 e. The van der Waals surface area contributed by atoms with Crippen molar-refractivity contribution in [3.05, 3.63) is 35.9 Å². The number of nitriles is 1. The Morgan fingerprint density at radius 2 is 1.79 bits per heavy atom. The van der Waals surface area contributed by atoms with E-state index < -0.39 is 5.54 Å². The van der Waals surface area contributed by atoms with Crippen molar-refractivity contribution in [1.82, 2.24) is 5.06 Å². The summed E-state index contributed by atoms with van der Waals surface area (Å²) in [7, 11) is 0. The van der Waals surface area contributed by atoms with Crippen molar-refractivity contribution in [1.29, 1.82) is 5.26 Å². The average Bonchev–Trinajstić information content (AvgIpc) is 2.63. The molecule has 1 aromatic rings. The van der Waals surface area contributed by atoms with Gasteiger partial charge in [0.1, 0.15) is 11.6 Å². The van der Waals surface area contributed by atoms with Crippen molar-refractivity contribution >= 4 is 0 Å². The van der Waals surface area contributed by atoms with Crippen molar-refractivity contribution in [3.8, 4) is 6.07 Å². The molecule has 156 valence electrons. The highest BCUT2D eigenvalue weighted by atomic mass is 16.7. The van der Waals surface area contributed by atoms with Crippen LogP contribution in [0.3, 0.4) is 0 Å². The van der Waals surface area contributed by atoms with E-state index in [9.17, 15) is 0 Å². The second-order valence-electron chi connectivity index (χ2n) is 9.49. The monoisotopic (exact) mass is 387 g/mol. The molecule has 2 N–H and O–H groups in total. The quantitative estimate of drug-likeness (QED) is 0.620. The number of hydroxylamine groups is 2. The van der Waals surface area contributed by atoms with E-state index in [0.29, 0.717) is 19.6 Å². The molecule has 0 radical (unpaired) electrons. The molecule has 1 aliphatic heterocycles. The summed E-state index contributed by atoms with van der Waals surface area (Å²) in [5.74, 6) is 0. The molecule has 0 amide bonds. The molecule has 1 aliphatic rings. The highest BCUT2D eigenvalue weighted by Crippen LogP contribution is 2.40. The summed E-state index contributed by atoms with van der Waals surface area (Å²) in [6.07, 6.45) is 4.64. The molecule has 0 saturated carbocycles. The molecule has 1 saturated heterocycles. The summed E-state index contributed by atoms with van der Waals surface area (Å²) in [6, 6.07) is 12.4. The lowest BCUT2D eigenvalue weighted by molar-refractivity contribution is -0.312. The molecule has 0 aromatic heterocycles. The molecule has 2 atom stereocenters. The standard InChI is InChI=1S/C23H37N3O2/c1-21(2)13-9-14-22(3,4)26(21)28-20(19-11-7-6-8-12-19)17-27-16-10-15-23(5,25)18-24/h6-8,11-12,20H,9-10,13-17,25H2,1-5H3. The van der Waals surface area contributed by atoms with Gasteiger partial charge >= 0.3 is 0 Å². The van der Waals surface area contributed by atoms with Crippen molar-refractivity contribution in [2.24, 2.45) is 5.73 Å². The minimum absolute atomic E-state index is 0.0249. The Morgan fingerprint density at radius 1 is 1.18 bits per heavy atom. The molecule has 2 rings (SSSR count). The fourth-order valence-corrected chi connectivity index (χ4v) is 4.03. The van der Waals surface area contributed by atoms with E-state index in [-0.39, 0.29) is 17.2 Å². The first-order valence-electron chi connectivity index (χ1n) is 10.4. The zero-order valence-corrected chi connectivity index (χ0v) is 18.2. The lowest BCUT2D eigenvalue weighted by Gasteiger charge is -2.52. The van der Waals surface area contributed by atoms with Crippen molar-refractivity contribution in [2.45, 2.75) is 89.4 Å². The van der Waals surface area contributed by atoms with Gasteiger partial charge in [0.2, 0.25) is 0 Å². The maximum absolute atomic E-state index is 9.03. The zero-order valence-electron chi connectivity index (χ0n) is 18.2. The van der Waals surface area contributed by atoms with Gasteiger partial charge in [-0.25, -0.2) is 0 Å². The Hall–Kier alpha value is -1.45. The fourth-order valence-electron chi connectivity index (χ4n) is 4.03. The molecule has 1 aromatic carbocycles. The van der Waals surface area contributed by atoms with Crippen LogP contribution in [0.2, 0.25) is 0 Å². The van der Waals surface area contributed by atoms with Gasteiger partial charge in [0, 0.05) is 17.7 Å². The Bertz CT molecular complexity index is 634. The van der Waals surface area contributed by atoms with Gasteiger partial charge in [0.15, 0.2) is 0 Å². The van der Waals surface area contributed by atoms with E-state index in [1.807, 2.05) is 18.2 Å². The Morgan fingerprint density at radius 3 is 2.36 bits per heavy atom. The molecule has 0 aliphatic carbocycles. The second kappa shape index (κ2) is 9.37. The number of hydrogen-bond donors (Lipinski definition) is 1. The van der Waals surface area contributed by atoms with Gasteiger partial charge in [-0.2, -0.15) is 10.3 Å². The topological polar surface area (TPSA) is 71.5 Å². The van der Waals surface area contributed by atoms with Gasteiger partial charge in [-0.05, 0) is 72.3 Å². The lowest BCUT2D eigenvalue weighted by Crippen LogP contribution is -2.58. The van der Waals surface area contributed by atoms with Gasteiger partial charge in [-0.1, -0.05) is 30.3 Å². The molecule has 1 fully saturated rings. The number of rotatable bonds is 9. The molecule has 0 spiro atoms. The SMILES string of the molecule is CC(N)(C#N)CCCOCC(ON1C(C)(C)CCCC1(C)C)c1ccccc1. The smallest absolute Gasteiger partial charge is 0.128 e. The van der Waals surface area contributed by atoms with E-state index in [0.717, 1.165) is 24.8 Å². The first kappa shape index (κ1) is 22.8.